The third-order valence-corrected chi connectivity index (χ3v) is 30.3. The molecule has 0 heterocycles. The topological polar surface area (TPSA) is 0 Å². The summed E-state index contributed by atoms with van der Waals surface area (Å²) in [4.78, 5) is 0. The van der Waals surface area contributed by atoms with E-state index in [-0.39, 0.29) is 46.5 Å². The van der Waals surface area contributed by atoms with Gasteiger partial charge in [0.25, 0.3) is 0 Å². The normalized spacial score (nSPS) is 14.1. The summed E-state index contributed by atoms with van der Waals surface area (Å²) in [5, 5.41) is 0. The van der Waals surface area contributed by atoms with Crippen molar-refractivity contribution in [2.75, 3.05) is 0 Å². The summed E-state index contributed by atoms with van der Waals surface area (Å²) in [5.74, 6) is 0. The molecule has 2 aliphatic carbocycles. The Kier molecular flexibility index (Phi) is 12.7. The monoisotopic (exact) mass is 936 g/mol. The van der Waals surface area contributed by atoms with Gasteiger partial charge in [-0.1, -0.05) is 0 Å². The van der Waals surface area contributed by atoms with Crippen LogP contribution in [0.25, 0.3) is 33.4 Å². The fraction of sp³-hybridized carbons (Fsp3) is 0.305. The van der Waals surface area contributed by atoms with Crippen LogP contribution in [0.2, 0.25) is 0 Å². The first-order valence-electron chi connectivity index (χ1n) is 22.2. The first kappa shape index (κ1) is 47.6. The van der Waals surface area contributed by atoms with Crippen molar-refractivity contribution in [3.8, 4) is 33.4 Å². The van der Waals surface area contributed by atoms with Crippen LogP contribution in [-0.2, 0) is 46.4 Å². The second kappa shape index (κ2) is 16.6. The van der Waals surface area contributed by atoms with Gasteiger partial charge in [-0.3, -0.25) is 0 Å². The average molecular weight is 939 g/mol. The molecule has 0 nitrogen and oxygen atoms in total. The first-order chi connectivity index (χ1) is 28.1. The zero-order valence-electron chi connectivity index (χ0n) is 39.3. The molecule has 0 spiro atoms. The minimum absolute atomic E-state index is 0. The summed E-state index contributed by atoms with van der Waals surface area (Å²) >= 11 is -5.29. The van der Waals surface area contributed by atoms with E-state index in [9.17, 15) is 0 Å². The van der Waals surface area contributed by atoms with Crippen LogP contribution in [0, 0.1) is 0 Å². The Morgan fingerprint density at radius 3 is 1.39 bits per heavy atom. The molecule has 8 rings (SSSR count). The van der Waals surface area contributed by atoms with Crippen LogP contribution in [-0.4, -0.2) is 4.21 Å². The molecule has 0 bridgehead atoms. The molecule has 0 atom stereocenters. The summed E-state index contributed by atoms with van der Waals surface area (Å²) in [6.07, 6.45) is 8.94. The number of allylic oxidation sites excluding steroid dienone is 4. The van der Waals surface area contributed by atoms with Gasteiger partial charge < -0.3 is 0 Å². The van der Waals surface area contributed by atoms with Crippen LogP contribution in [0.4, 0.5) is 0 Å². The molecule has 0 radical (unpaired) electrons. The van der Waals surface area contributed by atoms with Gasteiger partial charge in [0.15, 0.2) is 0 Å². The van der Waals surface area contributed by atoms with E-state index >= 15 is 0 Å². The van der Waals surface area contributed by atoms with Crippen molar-refractivity contribution in [3.63, 3.8) is 0 Å². The third kappa shape index (κ3) is 7.88. The number of hydrogen-bond acceptors (Lipinski definition) is 0. The van der Waals surface area contributed by atoms with Crippen LogP contribution in [0.5, 0.6) is 0 Å². The molecular formula is C59H68Cl2Zr. The molecular weight excluding hydrogens is 871 g/mol. The van der Waals surface area contributed by atoms with Gasteiger partial charge in [0.05, 0.1) is 0 Å². The van der Waals surface area contributed by atoms with Gasteiger partial charge in [0.1, 0.15) is 0 Å². The van der Waals surface area contributed by atoms with Gasteiger partial charge in [-0.2, -0.15) is 0 Å². The third-order valence-electron chi connectivity index (χ3n) is 13.9. The molecule has 0 saturated carbocycles. The van der Waals surface area contributed by atoms with Crippen LogP contribution < -0.4 is 9.81 Å². The summed E-state index contributed by atoms with van der Waals surface area (Å²) in [5.41, 5.74) is 16.3. The minimum atomic E-state index is -5.29. The number of hydrogen-bond donors (Lipinski definition) is 0. The molecule has 0 aromatic heterocycles. The molecule has 0 N–H and O–H groups in total. The number of fused-ring (bicyclic) bond motifs is 3. The van der Waals surface area contributed by atoms with E-state index in [1.807, 2.05) is 0 Å². The molecule has 0 amide bonds. The summed E-state index contributed by atoms with van der Waals surface area (Å²) in [6, 6.07) is 49.9. The number of rotatable bonds is 6. The SMILES string of the molecule is Cl.Cl.[CH2]=[Zr]([C]1=CC=CC1)([c]1ccc(C(C)(C)C)cc1)([c]1ccc(C(C)(C)C)cc1)[c]1c2c(cc(C(C)(C)C)c1-c1ccccc1)-c1cc(C(C)(C)C)c(-c3ccccc3)cc1C2. The zero-order valence-corrected chi connectivity index (χ0v) is 43.4. The Morgan fingerprint density at radius 2 is 0.952 bits per heavy atom. The van der Waals surface area contributed by atoms with Gasteiger partial charge in [-0.25, -0.2) is 0 Å². The molecule has 3 heteroatoms. The summed E-state index contributed by atoms with van der Waals surface area (Å²) in [6.45, 7) is 28.3. The maximum atomic E-state index is 6.05. The summed E-state index contributed by atoms with van der Waals surface area (Å²) in [7, 11) is 0. The Balaban J connectivity index is 0.00000321. The fourth-order valence-electron chi connectivity index (χ4n) is 10.5. The quantitative estimate of drug-likeness (QED) is 0.156. The van der Waals surface area contributed by atoms with E-state index < -0.39 is 18.3 Å². The standard InChI is InChI=1S/C33H33.2C10H13.C5H5.CH2.2ClH.Zr/c1-32(2,3)30-20-26-24(18-28(30)22-13-9-7-10-14-22)17-25-19-29(23-15-11-8-12-16-23)31(21-27(25)26)33(4,5)6;2*1-10(2,3)9-7-5-4-6-8-9;1-2-4-5-3-1;;;;/h7-16,18,20-21H,17H2,1-6H3;2*5-8H,1-3H3;1-3H,4H2;1H2;2*1H;. The van der Waals surface area contributed by atoms with E-state index in [4.69, 9.17) is 4.21 Å². The van der Waals surface area contributed by atoms with Gasteiger partial charge in [-0.15, -0.1) is 24.8 Å². The predicted molar refractivity (Wildman–Crippen MR) is 276 cm³/mol. The second-order valence-corrected chi connectivity index (χ2v) is 34.9. The van der Waals surface area contributed by atoms with Gasteiger partial charge in [0, 0.05) is 0 Å². The van der Waals surface area contributed by atoms with Crippen LogP contribution in [0.15, 0.2) is 149 Å². The van der Waals surface area contributed by atoms with Gasteiger partial charge >= 0.3 is 366 Å². The van der Waals surface area contributed by atoms with Crippen LogP contribution >= 0.6 is 24.8 Å². The van der Waals surface area contributed by atoms with Gasteiger partial charge in [0.2, 0.25) is 0 Å². The van der Waals surface area contributed by atoms with Crippen molar-refractivity contribution in [1.29, 1.82) is 0 Å². The molecule has 62 heavy (non-hydrogen) atoms. The van der Waals surface area contributed by atoms with Gasteiger partial charge in [-0.05, 0) is 0 Å². The molecule has 0 fully saturated rings. The number of halogens is 2. The molecule has 2 aliphatic rings. The molecule has 0 unspecified atom stereocenters. The molecule has 6 aromatic carbocycles. The Hall–Kier alpha value is -3.87. The number of benzene rings is 6. The van der Waals surface area contributed by atoms with Crippen molar-refractivity contribution < 1.29 is 18.3 Å². The Bertz CT molecular complexity index is 2680. The molecule has 6 aromatic rings. The fourth-order valence-corrected chi connectivity index (χ4v) is 26.5. The molecule has 0 aliphatic heterocycles. The van der Waals surface area contributed by atoms with E-state index in [0.717, 1.165) is 12.8 Å². The molecule has 0 saturated heterocycles. The average Bonchev–Trinajstić information content (AvgIpc) is 3.88. The zero-order chi connectivity index (χ0) is 43.1. The summed E-state index contributed by atoms with van der Waals surface area (Å²) < 4.78 is 11.9. The van der Waals surface area contributed by atoms with Crippen molar-refractivity contribution in [2.24, 2.45) is 0 Å². The van der Waals surface area contributed by atoms with Crippen molar-refractivity contribution in [1.82, 2.24) is 0 Å². The Morgan fingerprint density at radius 1 is 0.484 bits per heavy atom. The van der Waals surface area contributed by atoms with E-state index in [0.29, 0.717) is 0 Å². The first-order valence-corrected chi connectivity index (χ1v) is 28.9. The van der Waals surface area contributed by atoms with E-state index in [2.05, 4.69) is 229 Å². The van der Waals surface area contributed by atoms with Crippen molar-refractivity contribution in [2.45, 2.75) is 118 Å². The van der Waals surface area contributed by atoms with Crippen molar-refractivity contribution >= 4 is 38.8 Å². The van der Waals surface area contributed by atoms with Crippen LogP contribution in [0.3, 0.4) is 0 Å². The van der Waals surface area contributed by atoms with Crippen molar-refractivity contribution in [3.05, 3.63) is 182 Å². The van der Waals surface area contributed by atoms with E-state index in [1.54, 1.807) is 0 Å². The predicted octanol–water partition coefficient (Wildman–Crippen LogP) is 14.9. The van der Waals surface area contributed by atoms with Crippen LogP contribution in [0.1, 0.15) is 123 Å². The molecule has 322 valence electrons. The second-order valence-electron chi connectivity index (χ2n) is 22.1. The van der Waals surface area contributed by atoms with E-state index in [1.165, 1.54) is 79.9 Å². The Labute approximate surface area is 387 Å². The maximum absolute atomic E-state index is 6.05.